The lowest BCUT2D eigenvalue weighted by atomic mass is 9.93. The minimum atomic E-state index is -0.782. The Bertz CT molecular complexity index is 760. The van der Waals surface area contributed by atoms with Gasteiger partial charge in [0.15, 0.2) is 0 Å². The molecule has 2 aromatic rings. The van der Waals surface area contributed by atoms with E-state index in [1.54, 1.807) is 22.4 Å². The molecule has 1 aromatic heterocycles. The minimum absolute atomic E-state index is 0.0727. The van der Waals surface area contributed by atoms with Crippen LogP contribution >= 0.6 is 22.9 Å². The Hall–Kier alpha value is -1.92. The van der Waals surface area contributed by atoms with E-state index in [0.29, 0.717) is 30.2 Å². The van der Waals surface area contributed by atoms with Gasteiger partial charge in [0.2, 0.25) is 0 Å². The number of likely N-dealkylation sites (tertiary alicyclic amines) is 1. The molecule has 5 nitrogen and oxygen atoms in total. The molecule has 0 bridgehead atoms. The fourth-order valence-corrected chi connectivity index (χ4v) is 4.00. The van der Waals surface area contributed by atoms with Crippen LogP contribution in [0.2, 0.25) is 5.02 Å². The first-order valence-corrected chi connectivity index (χ1v) is 9.51. The Morgan fingerprint density at radius 3 is 2.80 bits per heavy atom. The van der Waals surface area contributed by atoms with Crippen LogP contribution in [0.25, 0.3) is 10.6 Å². The van der Waals surface area contributed by atoms with E-state index in [2.05, 4.69) is 4.98 Å². The van der Waals surface area contributed by atoms with Crippen molar-refractivity contribution in [1.82, 2.24) is 9.88 Å². The van der Waals surface area contributed by atoms with Gasteiger partial charge < -0.3 is 10.0 Å². The third kappa shape index (κ3) is 4.58. The standard InChI is InChI=1S/C18H19ClN2O3S/c19-14-6-4-13(5-7-14)17-20-15(11-25-17)18(24)21-9-1-2-12(10-21)3-8-16(22)23/h4-7,11-12H,1-3,8-10H2,(H,22,23)/t12-/m1/s1. The summed E-state index contributed by atoms with van der Waals surface area (Å²) in [5, 5.41) is 12.1. The third-order valence-corrected chi connectivity index (χ3v) is 5.53. The SMILES string of the molecule is O=C(O)CC[C@H]1CCCN(C(=O)c2csc(-c3ccc(Cl)cc3)n2)C1. The molecule has 0 aliphatic carbocycles. The number of carboxylic acid groups (broad SMARTS) is 1. The molecule has 1 saturated heterocycles. The number of benzene rings is 1. The Labute approximate surface area is 155 Å². The number of carboxylic acids is 1. The molecule has 0 spiro atoms. The van der Waals surface area contributed by atoms with Crippen molar-refractivity contribution in [2.75, 3.05) is 13.1 Å². The van der Waals surface area contributed by atoms with E-state index in [-0.39, 0.29) is 18.2 Å². The number of hydrogen-bond acceptors (Lipinski definition) is 4. The maximum atomic E-state index is 12.7. The molecular weight excluding hydrogens is 360 g/mol. The summed E-state index contributed by atoms with van der Waals surface area (Å²) >= 11 is 7.34. The number of halogens is 1. The molecule has 1 atom stereocenters. The molecule has 132 valence electrons. The second-order valence-corrected chi connectivity index (χ2v) is 7.53. The Morgan fingerprint density at radius 2 is 2.08 bits per heavy atom. The fraction of sp³-hybridized carbons (Fsp3) is 0.389. The molecule has 1 aliphatic rings. The quantitative estimate of drug-likeness (QED) is 0.847. The van der Waals surface area contributed by atoms with Gasteiger partial charge in [0.05, 0.1) is 0 Å². The van der Waals surface area contributed by atoms with Crippen LogP contribution in [-0.2, 0) is 4.79 Å². The second-order valence-electron chi connectivity index (χ2n) is 6.24. The van der Waals surface area contributed by atoms with E-state index in [9.17, 15) is 9.59 Å². The van der Waals surface area contributed by atoms with Crippen molar-refractivity contribution in [3.05, 3.63) is 40.4 Å². The maximum Gasteiger partial charge on any atom is 0.303 e. The van der Waals surface area contributed by atoms with E-state index in [0.717, 1.165) is 23.4 Å². The number of nitrogens with zero attached hydrogens (tertiary/aromatic N) is 2. The molecule has 0 radical (unpaired) electrons. The van der Waals surface area contributed by atoms with Gasteiger partial charge in [0.1, 0.15) is 10.7 Å². The molecule has 7 heteroatoms. The maximum absolute atomic E-state index is 12.7. The van der Waals surface area contributed by atoms with E-state index < -0.39 is 5.97 Å². The predicted octanol–water partition coefficient (Wildman–Crippen LogP) is 4.18. The van der Waals surface area contributed by atoms with Crippen molar-refractivity contribution in [2.45, 2.75) is 25.7 Å². The van der Waals surface area contributed by atoms with E-state index in [1.165, 1.54) is 11.3 Å². The highest BCUT2D eigenvalue weighted by molar-refractivity contribution is 7.13. The van der Waals surface area contributed by atoms with Crippen molar-refractivity contribution in [2.24, 2.45) is 5.92 Å². The second kappa shape index (κ2) is 7.97. The molecule has 1 N–H and O–H groups in total. The number of piperidine rings is 1. The first kappa shape index (κ1) is 17.9. The van der Waals surface area contributed by atoms with Crippen LogP contribution in [0.5, 0.6) is 0 Å². The number of aliphatic carboxylic acids is 1. The zero-order valence-electron chi connectivity index (χ0n) is 13.7. The van der Waals surface area contributed by atoms with Crippen molar-refractivity contribution in [1.29, 1.82) is 0 Å². The molecule has 0 saturated carbocycles. The summed E-state index contributed by atoms with van der Waals surface area (Å²) in [5.74, 6) is -0.602. The topological polar surface area (TPSA) is 70.5 Å². The lowest BCUT2D eigenvalue weighted by Crippen LogP contribution is -2.40. The average molecular weight is 379 g/mol. The molecule has 1 aromatic carbocycles. The zero-order valence-corrected chi connectivity index (χ0v) is 15.2. The van der Waals surface area contributed by atoms with Crippen molar-refractivity contribution >= 4 is 34.8 Å². The lowest BCUT2D eigenvalue weighted by molar-refractivity contribution is -0.137. The molecule has 3 rings (SSSR count). The molecule has 1 fully saturated rings. The Morgan fingerprint density at radius 1 is 1.32 bits per heavy atom. The van der Waals surface area contributed by atoms with Gasteiger partial charge in [0.25, 0.3) is 5.91 Å². The largest absolute Gasteiger partial charge is 0.481 e. The van der Waals surface area contributed by atoms with Crippen LogP contribution in [0.1, 0.15) is 36.2 Å². The summed E-state index contributed by atoms with van der Waals surface area (Å²) in [5.41, 5.74) is 1.39. The van der Waals surface area contributed by atoms with Gasteiger partial charge in [-0.2, -0.15) is 0 Å². The normalized spacial score (nSPS) is 17.5. The Kier molecular flexibility index (Phi) is 5.71. The number of carbonyl (C=O) groups excluding carboxylic acids is 1. The van der Waals surface area contributed by atoms with Crippen LogP contribution in [0.15, 0.2) is 29.6 Å². The van der Waals surface area contributed by atoms with Gasteiger partial charge in [-0.3, -0.25) is 9.59 Å². The number of rotatable bonds is 5. The third-order valence-electron chi connectivity index (χ3n) is 4.39. The monoisotopic (exact) mass is 378 g/mol. The Balaban J connectivity index is 1.66. The molecule has 2 heterocycles. The minimum Gasteiger partial charge on any atom is -0.481 e. The predicted molar refractivity (Wildman–Crippen MR) is 98.1 cm³/mol. The van der Waals surface area contributed by atoms with Crippen molar-refractivity contribution < 1.29 is 14.7 Å². The molecule has 1 aliphatic heterocycles. The van der Waals surface area contributed by atoms with Gasteiger partial charge in [-0.25, -0.2) is 4.98 Å². The van der Waals surface area contributed by atoms with Crippen LogP contribution in [-0.4, -0.2) is 40.0 Å². The van der Waals surface area contributed by atoms with Crippen LogP contribution in [0, 0.1) is 5.92 Å². The number of hydrogen-bond donors (Lipinski definition) is 1. The van der Waals surface area contributed by atoms with Crippen LogP contribution in [0.4, 0.5) is 0 Å². The number of carbonyl (C=O) groups is 2. The first-order valence-electron chi connectivity index (χ1n) is 8.25. The highest BCUT2D eigenvalue weighted by Gasteiger charge is 2.26. The number of amides is 1. The summed E-state index contributed by atoms with van der Waals surface area (Å²) in [4.78, 5) is 29.7. The van der Waals surface area contributed by atoms with Gasteiger partial charge in [0, 0.05) is 35.5 Å². The first-order chi connectivity index (χ1) is 12.0. The lowest BCUT2D eigenvalue weighted by Gasteiger charge is -2.32. The summed E-state index contributed by atoms with van der Waals surface area (Å²) in [6.07, 6.45) is 2.66. The summed E-state index contributed by atoms with van der Waals surface area (Å²) in [6.45, 7) is 1.32. The highest BCUT2D eigenvalue weighted by atomic mass is 35.5. The van der Waals surface area contributed by atoms with Crippen molar-refractivity contribution in [3.8, 4) is 10.6 Å². The molecular formula is C18H19ClN2O3S. The summed E-state index contributed by atoms with van der Waals surface area (Å²) in [6, 6.07) is 7.38. The molecule has 1 amide bonds. The summed E-state index contributed by atoms with van der Waals surface area (Å²) < 4.78 is 0. The molecule has 0 unspecified atom stereocenters. The molecule has 25 heavy (non-hydrogen) atoms. The van der Waals surface area contributed by atoms with Crippen LogP contribution in [0.3, 0.4) is 0 Å². The van der Waals surface area contributed by atoms with Crippen molar-refractivity contribution in [3.63, 3.8) is 0 Å². The van der Waals surface area contributed by atoms with Gasteiger partial charge in [-0.05, 0) is 37.3 Å². The van der Waals surface area contributed by atoms with E-state index in [4.69, 9.17) is 16.7 Å². The average Bonchev–Trinajstić information content (AvgIpc) is 3.10. The number of aromatic nitrogens is 1. The van der Waals surface area contributed by atoms with Crippen LogP contribution < -0.4 is 0 Å². The number of thiazole rings is 1. The highest BCUT2D eigenvalue weighted by Crippen LogP contribution is 2.27. The zero-order chi connectivity index (χ0) is 17.8. The fourth-order valence-electron chi connectivity index (χ4n) is 3.07. The van der Waals surface area contributed by atoms with Gasteiger partial charge >= 0.3 is 5.97 Å². The van der Waals surface area contributed by atoms with E-state index in [1.807, 2.05) is 12.1 Å². The van der Waals surface area contributed by atoms with E-state index >= 15 is 0 Å². The van der Waals surface area contributed by atoms with Gasteiger partial charge in [-0.15, -0.1) is 11.3 Å². The summed E-state index contributed by atoms with van der Waals surface area (Å²) in [7, 11) is 0. The van der Waals surface area contributed by atoms with Gasteiger partial charge in [-0.1, -0.05) is 23.7 Å². The smallest absolute Gasteiger partial charge is 0.303 e.